The second kappa shape index (κ2) is 4.68. The quantitative estimate of drug-likeness (QED) is 0.478. The molecule has 0 radical (unpaired) electrons. The lowest BCUT2D eigenvalue weighted by atomic mass is 10.3. The molecule has 0 fully saturated rings. The summed E-state index contributed by atoms with van der Waals surface area (Å²) < 4.78 is 18.6. The van der Waals surface area contributed by atoms with Crippen LogP contribution in [0.4, 0.5) is 4.39 Å². The largest absolute Gasteiger partial charge is 0.459 e. The van der Waals surface area contributed by atoms with Gasteiger partial charge in [-0.25, -0.2) is 9.78 Å². The van der Waals surface area contributed by atoms with Crippen LogP contribution in [0.5, 0.6) is 0 Å². The molecule has 0 atom stereocenters. The Balaban J connectivity index is 2.94. The highest BCUT2D eigenvalue weighted by Gasteiger charge is 2.15. The summed E-state index contributed by atoms with van der Waals surface area (Å²) in [5.74, 6) is -1.47. The van der Waals surface area contributed by atoms with Gasteiger partial charge in [0.2, 0.25) is 5.95 Å². The topological polar surface area (TPSA) is 39.2 Å². The first-order valence-electron chi connectivity index (χ1n) is 4.02. The summed E-state index contributed by atoms with van der Waals surface area (Å²) in [6.45, 7) is 3.41. The molecule has 14 heavy (non-hydrogen) atoms. The predicted octanol–water partition coefficient (Wildman–Crippen LogP) is 2.39. The summed E-state index contributed by atoms with van der Waals surface area (Å²) in [7, 11) is 0. The van der Waals surface area contributed by atoms with E-state index in [9.17, 15) is 9.18 Å². The molecule has 1 aromatic heterocycles. The maximum absolute atomic E-state index is 13.1. The van der Waals surface area contributed by atoms with Crippen LogP contribution in [0, 0.1) is 9.52 Å². The smallest absolute Gasteiger partial charge is 0.343 e. The molecule has 1 aromatic rings. The summed E-state index contributed by atoms with van der Waals surface area (Å²) in [6.07, 6.45) is 1.09. The first-order valence-corrected chi connectivity index (χ1v) is 5.10. The van der Waals surface area contributed by atoms with Crippen molar-refractivity contribution in [1.82, 2.24) is 4.98 Å². The van der Waals surface area contributed by atoms with Crippen molar-refractivity contribution in [3.63, 3.8) is 0 Å². The van der Waals surface area contributed by atoms with Crippen LogP contribution in [-0.4, -0.2) is 17.1 Å². The summed E-state index contributed by atoms with van der Waals surface area (Å²) in [6, 6.07) is 1.41. The molecular formula is C9H9FINO2. The highest BCUT2D eigenvalue weighted by atomic mass is 127. The van der Waals surface area contributed by atoms with Crippen molar-refractivity contribution in [2.45, 2.75) is 20.0 Å². The van der Waals surface area contributed by atoms with Gasteiger partial charge in [-0.2, -0.15) is 4.39 Å². The third kappa shape index (κ3) is 2.90. The Morgan fingerprint density at radius 1 is 1.64 bits per heavy atom. The normalized spacial score (nSPS) is 10.4. The molecule has 0 N–H and O–H groups in total. The Bertz CT molecular complexity index is 355. The second-order valence-corrected chi connectivity index (χ2v) is 4.19. The van der Waals surface area contributed by atoms with Crippen molar-refractivity contribution in [2.75, 3.05) is 0 Å². The van der Waals surface area contributed by atoms with E-state index in [2.05, 4.69) is 4.98 Å². The lowest BCUT2D eigenvalue weighted by Crippen LogP contribution is -2.14. The molecule has 3 nitrogen and oxygen atoms in total. The molecular weight excluding hydrogens is 300 g/mol. The van der Waals surface area contributed by atoms with Crippen molar-refractivity contribution in [2.24, 2.45) is 0 Å². The number of ether oxygens (including phenoxy) is 1. The number of halogens is 2. The molecule has 0 aliphatic heterocycles. The van der Waals surface area contributed by atoms with Crippen LogP contribution in [0.25, 0.3) is 0 Å². The van der Waals surface area contributed by atoms with Gasteiger partial charge in [-0.1, -0.05) is 0 Å². The maximum atomic E-state index is 13.1. The molecule has 0 aliphatic rings. The molecule has 0 amide bonds. The average molecular weight is 309 g/mol. The predicted molar refractivity (Wildman–Crippen MR) is 57.5 cm³/mol. The lowest BCUT2D eigenvalue weighted by Gasteiger charge is -2.07. The number of hydrogen-bond donors (Lipinski definition) is 0. The SMILES string of the molecule is CC(C)OC(=O)c1cc(I)cnc1F. The molecule has 5 heteroatoms. The molecule has 76 valence electrons. The van der Waals surface area contributed by atoms with E-state index in [1.807, 2.05) is 22.6 Å². The van der Waals surface area contributed by atoms with Crippen LogP contribution >= 0.6 is 22.6 Å². The molecule has 1 heterocycles. The first-order chi connectivity index (χ1) is 6.50. The molecule has 0 saturated heterocycles. The fraction of sp³-hybridized carbons (Fsp3) is 0.333. The van der Waals surface area contributed by atoms with E-state index in [0.717, 1.165) is 0 Å². The summed E-state index contributed by atoms with van der Waals surface area (Å²) in [4.78, 5) is 14.8. The van der Waals surface area contributed by atoms with Gasteiger partial charge in [-0.15, -0.1) is 0 Å². The monoisotopic (exact) mass is 309 g/mol. The zero-order valence-electron chi connectivity index (χ0n) is 7.75. The van der Waals surface area contributed by atoms with Gasteiger partial charge < -0.3 is 4.74 Å². The van der Waals surface area contributed by atoms with Gasteiger partial charge in [0.1, 0.15) is 5.56 Å². The third-order valence-electron chi connectivity index (χ3n) is 1.37. The van der Waals surface area contributed by atoms with Gasteiger partial charge >= 0.3 is 5.97 Å². The standard InChI is InChI=1S/C9H9FINO2/c1-5(2)14-9(13)7-3-6(11)4-12-8(7)10/h3-5H,1-2H3. The van der Waals surface area contributed by atoms with E-state index in [1.165, 1.54) is 12.3 Å². The average Bonchev–Trinajstić information content (AvgIpc) is 2.08. The van der Waals surface area contributed by atoms with Gasteiger partial charge in [-0.3, -0.25) is 0 Å². The number of pyridine rings is 1. The Labute approximate surface area is 94.8 Å². The molecule has 0 unspecified atom stereocenters. The highest BCUT2D eigenvalue weighted by Crippen LogP contribution is 2.11. The number of carbonyl (C=O) groups excluding carboxylic acids is 1. The van der Waals surface area contributed by atoms with Crippen LogP contribution in [-0.2, 0) is 4.74 Å². The minimum atomic E-state index is -0.795. The van der Waals surface area contributed by atoms with E-state index >= 15 is 0 Å². The number of aromatic nitrogens is 1. The van der Waals surface area contributed by atoms with Gasteiger partial charge in [0, 0.05) is 9.77 Å². The van der Waals surface area contributed by atoms with Gasteiger partial charge in [0.15, 0.2) is 0 Å². The van der Waals surface area contributed by atoms with Gasteiger partial charge in [0.25, 0.3) is 0 Å². The first kappa shape index (κ1) is 11.4. The highest BCUT2D eigenvalue weighted by molar-refractivity contribution is 14.1. The van der Waals surface area contributed by atoms with E-state index in [-0.39, 0.29) is 11.7 Å². The Hall–Kier alpha value is -0.720. The minimum absolute atomic E-state index is 0.120. The summed E-state index contributed by atoms with van der Waals surface area (Å²) in [5, 5.41) is 0. The fourth-order valence-electron chi connectivity index (χ4n) is 0.843. The molecule has 0 spiro atoms. The van der Waals surface area contributed by atoms with Crippen molar-refractivity contribution in [1.29, 1.82) is 0 Å². The zero-order chi connectivity index (χ0) is 10.7. The van der Waals surface area contributed by atoms with Crippen LogP contribution in [0.2, 0.25) is 0 Å². The third-order valence-corrected chi connectivity index (χ3v) is 1.96. The van der Waals surface area contributed by atoms with E-state index in [1.54, 1.807) is 13.8 Å². The number of rotatable bonds is 2. The van der Waals surface area contributed by atoms with Gasteiger partial charge in [0.05, 0.1) is 6.10 Å². The Morgan fingerprint density at radius 3 is 2.86 bits per heavy atom. The van der Waals surface area contributed by atoms with Crippen LogP contribution in [0.15, 0.2) is 12.3 Å². The number of hydrogen-bond acceptors (Lipinski definition) is 3. The van der Waals surface area contributed by atoms with Crippen LogP contribution in [0.3, 0.4) is 0 Å². The number of carbonyl (C=O) groups is 1. The fourth-order valence-corrected chi connectivity index (χ4v) is 1.29. The number of nitrogens with zero attached hydrogens (tertiary/aromatic N) is 1. The van der Waals surface area contributed by atoms with Crippen molar-refractivity contribution < 1.29 is 13.9 Å². The molecule has 0 saturated carbocycles. The Kier molecular flexibility index (Phi) is 3.79. The molecule has 1 rings (SSSR count). The van der Waals surface area contributed by atoms with E-state index < -0.39 is 11.9 Å². The lowest BCUT2D eigenvalue weighted by molar-refractivity contribution is 0.0371. The van der Waals surface area contributed by atoms with Crippen molar-refractivity contribution in [3.05, 3.63) is 27.3 Å². The second-order valence-electron chi connectivity index (χ2n) is 2.95. The van der Waals surface area contributed by atoms with Crippen LogP contribution in [0.1, 0.15) is 24.2 Å². The summed E-state index contributed by atoms with van der Waals surface area (Å²) >= 11 is 1.95. The van der Waals surface area contributed by atoms with Crippen molar-refractivity contribution >= 4 is 28.6 Å². The van der Waals surface area contributed by atoms with E-state index in [4.69, 9.17) is 4.74 Å². The van der Waals surface area contributed by atoms with Gasteiger partial charge in [-0.05, 0) is 42.5 Å². The van der Waals surface area contributed by atoms with Crippen LogP contribution < -0.4 is 0 Å². The maximum Gasteiger partial charge on any atom is 0.343 e. The molecule has 0 aromatic carbocycles. The minimum Gasteiger partial charge on any atom is -0.459 e. The zero-order valence-corrected chi connectivity index (χ0v) is 9.91. The number of esters is 1. The van der Waals surface area contributed by atoms with Crippen molar-refractivity contribution in [3.8, 4) is 0 Å². The molecule has 0 aliphatic carbocycles. The Morgan fingerprint density at radius 2 is 2.29 bits per heavy atom. The molecule has 0 bridgehead atoms. The van der Waals surface area contributed by atoms with E-state index in [0.29, 0.717) is 3.57 Å². The summed E-state index contributed by atoms with van der Waals surface area (Å²) in [5.41, 5.74) is -0.120.